The van der Waals surface area contributed by atoms with Crippen molar-refractivity contribution in [2.24, 2.45) is 0 Å². The molecule has 0 saturated carbocycles. The van der Waals surface area contributed by atoms with Gasteiger partial charge in [-0.15, -0.1) is 0 Å². The summed E-state index contributed by atoms with van der Waals surface area (Å²) in [5.41, 5.74) is 10.3. The van der Waals surface area contributed by atoms with Gasteiger partial charge in [0.2, 0.25) is 5.91 Å². The van der Waals surface area contributed by atoms with E-state index in [2.05, 4.69) is 17.2 Å². The van der Waals surface area contributed by atoms with Crippen molar-refractivity contribution >= 4 is 45.9 Å². The quantitative estimate of drug-likeness (QED) is 0.558. The van der Waals surface area contributed by atoms with Gasteiger partial charge in [0.25, 0.3) is 0 Å². The maximum absolute atomic E-state index is 12.2. The molecule has 0 aliphatic rings. The standard InChI is InChI=1S/C22H22ClN3O/c1-2-3-4-17-14-20(24)19-13-18(10-11-21(19)25-17)26-22(27)12-7-15-5-8-16(23)9-6-15/h5-14H,2-4H2,1H3,(H2,24,25)(H,26,27)/b12-7+. The molecule has 0 radical (unpaired) electrons. The lowest BCUT2D eigenvalue weighted by Crippen LogP contribution is -2.08. The zero-order chi connectivity index (χ0) is 19.2. The molecule has 0 atom stereocenters. The summed E-state index contributed by atoms with van der Waals surface area (Å²) in [5, 5.41) is 4.36. The number of nitrogens with one attached hydrogen (secondary N) is 1. The van der Waals surface area contributed by atoms with Crippen LogP contribution in [0, 0.1) is 0 Å². The Kier molecular flexibility index (Phi) is 6.09. The number of hydrogen-bond donors (Lipinski definition) is 2. The molecule has 2 aromatic carbocycles. The smallest absolute Gasteiger partial charge is 0.248 e. The van der Waals surface area contributed by atoms with Crippen LogP contribution in [0.5, 0.6) is 0 Å². The van der Waals surface area contributed by atoms with Crippen LogP contribution in [-0.2, 0) is 11.2 Å². The van der Waals surface area contributed by atoms with Gasteiger partial charge in [0.05, 0.1) is 5.52 Å². The number of nitrogens with two attached hydrogens (primary N) is 1. The predicted molar refractivity (Wildman–Crippen MR) is 114 cm³/mol. The van der Waals surface area contributed by atoms with Crippen LogP contribution in [0.15, 0.2) is 54.6 Å². The van der Waals surface area contributed by atoms with Gasteiger partial charge in [0, 0.05) is 33.6 Å². The molecule has 5 heteroatoms. The normalized spacial score (nSPS) is 11.2. The number of benzene rings is 2. The summed E-state index contributed by atoms with van der Waals surface area (Å²) in [7, 11) is 0. The van der Waals surface area contributed by atoms with Gasteiger partial charge in [0.1, 0.15) is 0 Å². The number of pyridine rings is 1. The number of halogens is 1. The molecule has 4 nitrogen and oxygen atoms in total. The minimum absolute atomic E-state index is 0.213. The summed E-state index contributed by atoms with van der Waals surface area (Å²) in [6.07, 6.45) is 6.36. The van der Waals surface area contributed by atoms with E-state index in [0.29, 0.717) is 16.4 Å². The molecule has 0 fully saturated rings. The predicted octanol–water partition coefficient (Wildman–Crippen LogP) is 5.46. The van der Waals surface area contributed by atoms with Crippen LogP contribution < -0.4 is 11.1 Å². The van der Waals surface area contributed by atoms with E-state index in [-0.39, 0.29) is 5.91 Å². The topological polar surface area (TPSA) is 68.0 Å². The van der Waals surface area contributed by atoms with Crippen molar-refractivity contribution in [2.45, 2.75) is 26.2 Å². The van der Waals surface area contributed by atoms with E-state index in [1.165, 1.54) is 6.08 Å². The molecule has 0 spiro atoms. The average molecular weight is 380 g/mol. The van der Waals surface area contributed by atoms with Crippen molar-refractivity contribution in [3.05, 3.63) is 70.9 Å². The summed E-state index contributed by atoms with van der Waals surface area (Å²) < 4.78 is 0. The highest BCUT2D eigenvalue weighted by atomic mass is 35.5. The first kappa shape index (κ1) is 18.9. The molecule has 1 heterocycles. The molecule has 1 amide bonds. The molecule has 0 saturated heterocycles. The highest BCUT2D eigenvalue weighted by Gasteiger charge is 2.06. The van der Waals surface area contributed by atoms with E-state index in [1.807, 2.05) is 36.4 Å². The molecule has 3 rings (SSSR count). The fourth-order valence-corrected chi connectivity index (χ4v) is 2.93. The fraction of sp³-hybridized carbons (Fsp3) is 0.182. The third-order valence-corrected chi connectivity index (χ3v) is 4.50. The first-order valence-electron chi connectivity index (χ1n) is 8.99. The van der Waals surface area contributed by atoms with E-state index in [9.17, 15) is 4.79 Å². The molecule has 0 aliphatic carbocycles. The van der Waals surface area contributed by atoms with Crippen LogP contribution in [-0.4, -0.2) is 10.9 Å². The fourth-order valence-electron chi connectivity index (χ4n) is 2.80. The van der Waals surface area contributed by atoms with Crippen LogP contribution in [0.3, 0.4) is 0 Å². The van der Waals surface area contributed by atoms with Gasteiger partial charge in [-0.2, -0.15) is 0 Å². The van der Waals surface area contributed by atoms with Gasteiger partial charge < -0.3 is 11.1 Å². The number of rotatable bonds is 6. The third-order valence-electron chi connectivity index (χ3n) is 4.24. The van der Waals surface area contributed by atoms with Crippen molar-refractivity contribution in [2.75, 3.05) is 11.1 Å². The number of unbranched alkanes of at least 4 members (excludes halogenated alkanes) is 1. The van der Waals surface area contributed by atoms with E-state index in [4.69, 9.17) is 17.3 Å². The van der Waals surface area contributed by atoms with Gasteiger partial charge in [-0.25, -0.2) is 0 Å². The minimum Gasteiger partial charge on any atom is -0.398 e. The zero-order valence-electron chi connectivity index (χ0n) is 15.2. The molecule has 1 aromatic heterocycles. The summed E-state index contributed by atoms with van der Waals surface area (Å²) >= 11 is 5.86. The number of nitrogen functional groups attached to an aromatic ring is 1. The van der Waals surface area contributed by atoms with E-state index in [0.717, 1.165) is 41.4 Å². The summed E-state index contributed by atoms with van der Waals surface area (Å²) in [4.78, 5) is 16.8. The molecule has 27 heavy (non-hydrogen) atoms. The van der Waals surface area contributed by atoms with Crippen molar-refractivity contribution in [3.63, 3.8) is 0 Å². The number of anilines is 2. The average Bonchev–Trinajstić information content (AvgIpc) is 2.66. The first-order chi connectivity index (χ1) is 13.0. The van der Waals surface area contributed by atoms with Crippen LogP contribution in [0.25, 0.3) is 17.0 Å². The highest BCUT2D eigenvalue weighted by molar-refractivity contribution is 6.30. The maximum atomic E-state index is 12.2. The van der Waals surface area contributed by atoms with Gasteiger partial charge in [-0.05, 0) is 60.9 Å². The second-order valence-corrected chi connectivity index (χ2v) is 6.85. The lowest BCUT2D eigenvalue weighted by Gasteiger charge is -2.09. The van der Waals surface area contributed by atoms with E-state index >= 15 is 0 Å². The summed E-state index contributed by atoms with van der Waals surface area (Å²) in [5.74, 6) is -0.213. The van der Waals surface area contributed by atoms with Gasteiger partial charge >= 0.3 is 0 Å². The Balaban J connectivity index is 1.73. The number of amides is 1. The lowest BCUT2D eigenvalue weighted by molar-refractivity contribution is -0.111. The first-order valence-corrected chi connectivity index (χ1v) is 9.37. The molecule has 0 unspecified atom stereocenters. The Bertz CT molecular complexity index is 981. The van der Waals surface area contributed by atoms with E-state index < -0.39 is 0 Å². The minimum atomic E-state index is -0.213. The Morgan fingerprint density at radius 1 is 1.19 bits per heavy atom. The molecule has 3 N–H and O–H groups in total. The summed E-state index contributed by atoms with van der Waals surface area (Å²) in [6, 6.07) is 14.8. The van der Waals surface area contributed by atoms with Crippen molar-refractivity contribution in [1.82, 2.24) is 4.98 Å². The number of aryl methyl sites for hydroxylation is 1. The Labute approximate surface area is 164 Å². The largest absolute Gasteiger partial charge is 0.398 e. The third kappa shape index (κ3) is 5.08. The Morgan fingerprint density at radius 2 is 1.96 bits per heavy atom. The van der Waals surface area contributed by atoms with Crippen molar-refractivity contribution in [1.29, 1.82) is 0 Å². The van der Waals surface area contributed by atoms with Gasteiger partial charge in [0.15, 0.2) is 0 Å². The van der Waals surface area contributed by atoms with Crippen LogP contribution in [0.4, 0.5) is 11.4 Å². The van der Waals surface area contributed by atoms with Crippen LogP contribution in [0.2, 0.25) is 5.02 Å². The number of aromatic nitrogens is 1. The monoisotopic (exact) mass is 379 g/mol. The number of carbonyl (C=O) groups excluding carboxylic acids is 1. The second kappa shape index (κ2) is 8.69. The van der Waals surface area contributed by atoms with Crippen LogP contribution >= 0.6 is 11.6 Å². The number of carbonyl (C=O) groups is 1. The van der Waals surface area contributed by atoms with Crippen LogP contribution in [0.1, 0.15) is 31.0 Å². The van der Waals surface area contributed by atoms with Gasteiger partial charge in [-0.1, -0.05) is 37.1 Å². The summed E-state index contributed by atoms with van der Waals surface area (Å²) in [6.45, 7) is 2.15. The van der Waals surface area contributed by atoms with Crippen molar-refractivity contribution in [3.8, 4) is 0 Å². The molecular formula is C22H22ClN3O. The lowest BCUT2D eigenvalue weighted by atomic mass is 10.1. The number of nitrogens with zero attached hydrogens (tertiary/aromatic N) is 1. The molecular weight excluding hydrogens is 358 g/mol. The van der Waals surface area contributed by atoms with Crippen molar-refractivity contribution < 1.29 is 4.79 Å². The molecule has 138 valence electrons. The highest BCUT2D eigenvalue weighted by Crippen LogP contribution is 2.25. The zero-order valence-corrected chi connectivity index (χ0v) is 16.0. The number of fused-ring (bicyclic) bond motifs is 1. The Morgan fingerprint density at radius 3 is 2.70 bits per heavy atom. The maximum Gasteiger partial charge on any atom is 0.248 e. The molecule has 0 aliphatic heterocycles. The Hall–Kier alpha value is -2.85. The van der Waals surface area contributed by atoms with E-state index in [1.54, 1.807) is 18.2 Å². The molecule has 0 bridgehead atoms. The number of hydrogen-bond acceptors (Lipinski definition) is 3. The molecule has 3 aromatic rings. The second-order valence-electron chi connectivity index (χ2n) is 6.41. The SMILES string of the molecule is CCCCc1cc(N)c2cc(NC(=O)/C=C/c3ccc(Cl)cc3)ccc2n1. The van der Waals surface area contributed by atoms with Gasteiger partial charge in [-0.3, -0.25) is 9.78 Å².